The van der Waals surface area contributed by atoms with Crippen molar-refractivity contribution in [2.75, 3.05) is 19.6 Å². The number of hydrogen-bond acceptors (Lipinski definition) is 2. The topological polar surface area (TPSA) is 56.9 Å². The number of aryl methyl sites for hydroxylation is 2. The smallest absolute Gasteiger partial charge is 0.251 e. The molecule has 1 aromatic heterocycles. The SMILES string of the molecule is Cc1[nH]c2ccc(C(=O)NCC3=CCNCC3)cc2c1C. The quantitative estimate of drug-likeness (QED) is 0.758. The van der Waals surface area contributed by atoms with Crippen LogP contribution in [0, 0.1) is 13.8 Å². The number of hydrogen-bond donors (Lipinski definition) is 3. The first-order valence-corrected chi connectivity index (χ1v) is 7.41. The Morgan fingerprint density at radius 3 is 2.95 bits per heavy atom. The van der Waals surface area contributed by atoms with Gasteiger partial charge in [-0.05, 0) is 50.6 Å². The molecule has 4 nitrogen and oxygen atoms in total. The summed E-state index contributed by atoms with van der Waals surface area (Å²) in [5.74, 6) is -0.00501. The van der Waals surface area contributed by atoms with Crippen LogP contribution < -0.4 is 10.6 Å². The third-order valence-corrected chi connectivity index (χ3v) is 4.20. The molecule has 0 atom stereocenters. The molecule has 1 aliphatic rings. The molecule has 0 saturated carbocycles. The Hall–Kier alpha value is -2.07. The second-order valence-corrected chi connectivity index (χ2v) is 5.63. The van der Waals surface area contributed by atoms with E-state index in [1.54, 1.807) is 0 Å². The maximum absolute atomic E-state index is 12.3. The molecular formula is C17H21N3O. The maximum atomic E-state index is 12.3. The Morgan fingerprint density at radius 2 is 2.19 bits per heavy atom. The minimum Gasteiger partial charge on any atom is -0.358 e. The Balaban J connectivity index is 1.75. The van der Waals surface area contributed by atoms with E-state index in [2.05, 4.69) is 35.5 Å². The number of amides is 1. The third-order valence-electron chi connectivity index (χ3n) is 4.20. The van der Waals surface area contributed by atoms with Gasteiger partial charge >= 0.3 is 0 Å². The predicted molar refractivity (Wildman–Crippen MR) is 85.7 cm³/mol. The second kappa shape index (κ2) is 5.74. The lowest BCUT2D eigenvalue weighted by molar-refractivity contribution is 0.0957. The zero-order valence-corrected chi connectivity index (χ0v) is 12.5. The highest BCUT2D eigenvalue weighted by molar-refractivity contribution is 5.99. The van der Waals surface area contributed by atoms with Crippen LogP contribution in [-0.2, 0) is 0 Å². The zero-order valence-electron chi connectivity index (χ0n) is 12.5. The van der Waals surface area contributed by atoms with Crippen molar-refractivity contribution in [1.82, 2.24) is 15.6 Å². The molecule has 0 saturated heterocycles. The molecule has 3 rings (SSSR count). The Labute approximate surface area is 124 Å². The molecule has 0 aliphatic carbocycles. The largest absolute Gasteiger partial charge is 0.358 e. The number of H-pyrrole nitrogens is 1. The van der Waals surface area contributed by atoms with Crippen molar-refractivity contribution in [2.45, 2.75) is 20.3 Å². The number of benzene rings is 1. The monoisotopic (exact) mass is 283 g/mol. The van der Waals surface area contributed by atoms with Crippen LogP contribution >= 0.6 is 0 Å². The maximum Gasteiger partial charge on any atom is 0.251 e. The van der Waals surface area contributed by atoms with Gasteiger partial charge < -0.3 is 15.6 Å². The molecule has 0 radical (unpaired) electrons. The van der Waals surface area contributed by atoms with Crippen LogP contribution in [-0.4, -0.2) is 30.5 Å². The summed E-state index contributed by atoms with van der Waals surface area (Å²) in [4.78, 5) is 15.6. The fraction of sp³-hybridized carbons (Fsp3) is 0.353. The molecular weight excluding hydrogens is 262 g/mol. The highest BCUT2D eigenvalue weighted by Gasteiger charge is 2.11. The van der Waals surface area contributed by atoms with Crippen molar-refractivity contribution in [3.05, 3.63) is 46.7 Å². The lowest BCUT2D eigenvalue weighted by Gasteiger charge is -2.14. The van der Waals surface area contributed by atoms with Crippen LogP contribution in [0.25, 0.3) is 10.9 Å². The Bertz CT molecular complexity index is 712. The van der Waals surface area contributed by atoms with Gasteiger partial charge in [0.1, 0.15) is 0 Å². The number of aromatic nitrogens is 1. The van der Waals surface area contributed by atoms with Gasteiger partial charge in [-0.15, -0.1) is 0 Å². The summed E-state index contributed by atoms with van der Waals surface area (Å²) in [7, 11) is 0. The van der Waals surface area contributed by atoms with E-state index in [0.717, 1.165) is 41.7 Å². The summed E-state index contributed by atoms with van der Waals surface area (Å²) in [6.07, 6.45) is 3.17. The van der Waals surface area contributed by atoms with E-state index in [1.807, 2.05) is 18.2 Å². The summed E-state index contributed by atoms with van der Waals surface area (Å²) in [6.45, 7) is 6.67. The van der Waals surface area contributed by atoms with Crippen molar-refractivity contribution in [3.8, 4) is 0 Å². The van der Waals surface area contributed by atoms with Gasteiger partial charge in [0.05, 0.1) is 0 Å². The molecule has 1 aromatic carbocycles. The number of aromatic amines is 1. The van der Waals surface area contributed by atoms with Crippen LogP contribution in [0.5, 0.6) is 0 Å². The minimum absolute atomic E-state index is 0.00501. The van der Waals surface area contributed by atoms with Crippen molar-refractivity contribution in [3.63, 3.8) is 0 Å². The number of nitrogens with one attached hydrogen (secondary N) is 3. The molecule has 1 amide bonds. The van der Waals surface area contributed by atoms with Gasteiger partial charge in [-0.2, -0.15) is 0 Å². The van der Waals surface area contributed by atoms with Crippen molar-refractivity contribution in [2.24, 2.45) is 0 Å². The molecule has 3 N–H and O–H groups in total. The molecule has 0 fully saturated rings. The average Bonchev–Trinajstić information content (AvgIpc) is 2.80. The van der Waals surface area contributed by atoms with Gasteiger partial charge in [0.25, 0.3) is 5.91 Å². The summed E-state index contributed by atoms with van der Waals surface area (Å²) >= 11 is 0. The van der Waals surface area contributed by atoms with Gasteiger partial charge in [0.15, 0.2) is 0 Å². The summed E-state index contributed by atoms with van der Waals surface area (Å²) in [5.41, 5.74) is 5.47. The summed E-state index contributed by atoms with van der Waals surface area (Å²) in [5, 5.41) is 7.41. The van der Waals surface area contributed by atoms with Crippen molar-refractivity contribution in [1.29, 1.82) is 0 Å². The molecule has 4 heteroatoms. The lowest BCUT2D eigenvalue weighted by Crippen LogP contribution is -2.29. The second-order valence-electron chi connectivity index (χ2n) is 5.63. The first-order valence-electron chi connectivity index (χ1n) is 7.41. The van der Waals surface area contributed by atoms with Gasteiger partial charge in [0.2, 0.25) is 0 Å². The van der Waals surface area contributed by atoms with Crippen LogP contribution in [0.15, 0.2) is 29.8 Å². The van der Waals surface area contributed by atoms with E-state index in [4.69, 9.17) is 0 Å². The molecule has 1 aliphatic heterocycles. The fourth-order valence-corrected chi connectivity index (χ4v) is 2.73. The molecule has 0 unspecified atom stereocenters. The normalized spacial score (nSPS) is 15.0. The highest BCUT2D eigenvalue weighted by atomic mass is 16.1. The van der Waals surface area contributed by atoms with Gasteiger partial charge in [-0.25, -0.2) is 0 Å². The molecule has 21 heavy (non-hydrogen) atoms. The Kier molecular flexibility index (Phi) is 3.80. The molecule has 2 heterocycles. The zero-order chi connectivity index (χ0) is 14.8. The van der Waals surface area contributed by atoms with Crippen LogP contribution in [0.3, 0.4) is 0 Å². The van der Waals surface area contributed by atoms with Gasteiger partial charge in [-0.1, -0.05) is 11.6 Å². The van der Waals surface area contributed by atoms with Gasteiger partial charge in [-0.3, -0.25) is 4.79 Å². The van der Waals surface area contributed by atoms with E-state index in [-0.39, 0.29) is 5.91 Å². The fourth-order valence-electron chi connectivity index (χ4n) is 2.73. The van der Waals surface area contributed by atoms with E-state index in [0.29, 0.717) is 6.54 Å². The first kappa shape index (κ1) is 13.9. The van der Waals surface area contributed by atoms with E-state index in [1.165, 1.54) is 11.1 Å². The van der Waals surface area contributed by atoms with Gasteiger partial charge in [0, 0.05) is 35.2 Å². The molecule has 110 valence electrons. The molecule has 2 aromatic rings. The average molecular weight is 283 g/mol. The predicted octanol–water partition coefficient (Wildman–Crippen LogP) is 2.43. The van der Waals surface area contributed by atoms with Crippen molar-refractivity contribution < 1.29 is 4.79 Å². The summed E-state index contributed by atoms with van der Waals surface area (Å²) < 4.78 is 0. The standard InChI is InChI=1S/C17H21N3O/c1-11-12(2)20-16-4-3-14(9-15(11)16)17(21)19-10-13-5-7-18-8-6-13/h3-5,9,18,20H,6-8,10H2,1-2H3,(H,19,21). The van der Waals surface area contributed by atoms with Crippen LogP contribution in [0.4, 0.5) is 0 Å². The number of fused-ring (bicyclic) bond motifs is 1. The number of carbonyl (C=O) groups is 1. The summed E-state index contributed by atoms with van der Waals surface area (Å²) in [6, 6.07) is 5.83. The van der Waals surface area contributed by atoms with E-state index >= 15 is 0 Å². The lowest BCUT2D eigenvalue weighted by atomic mass is 10.1. The molecule has 0 spiro atoms. The molecule has 0 bridgehead atoms. The number of rotatable bonds is 3. The first-order chi connectivity index (χ1) is 10.1. The van der Waals surface area contributed by atoms with Crippen LogP contribution in [0.2, 0.25) is 0 Å². The number of carbonyl (C=O) groups excluding carboxylic acids is 1. The van der Waals surface area contributed by atoms with E-state index < -0.39 is 0 Å². The van der Waals surface area contributed by atoms with Crippen molar-refractivity contribution >= 4 is 16.8 Å². The van der Waals surface area contributed by atoms with Crippen LogP contribution in [0.1, 0.15) is 28.0 Å². The third kappa shape index (κ3) is 2.85. The Morgan fingerprint density at radius 1 is 1.33 bits per heavy atom. The minimum atomic E-state index is -0.00501. The highest BCUT2D eigenvalue weighted by Crippen LogP contribution is 2.22. The van der Waals surface area contributed by atoms with E-state index in [9.17, 15) is 4.79 Å².